The van der Waals surface area contributed by atoms with E-state index in [1.807, 2.05) is 35.6 Å². The molecule has 0 fully saturated rings. The number of aryl methyl sites for hydroxylation is 1. The SMILES string of the molecule is Cc1ncc(I)c(=O)n1Cc1ccnc(N)c1. The van der Waals surface area contributed by atoms with Crippen LogP contribution in [0.3, 0.4) is 0 Å². The first-order valence-corrected chi connectivity index (χ1v) is 6.08. The second-order valence-electron chi connectivity index (χ2n) is 3.63. The molecule has 17 heavy (non-hydrogen) atoms. The molecule has 0 atom stereocenters. The fourth-order valence-electron chi connectivity index (χ4n) is 1.51. The summed E-state index contributed by atoms with van der Waals surface area (Å²) >= 11 is 1.98. The normalized spacial score (nSPS) is 10.5. The van der Waals surface area contributed by atoms with Crippen molar-refractivity contribution in [2.75, 3.05) is 5.73 Å². The van der Waals surface area contributed by atoms with Gasteiger partial charge in [0.25, 0.3) is 5.56 Å². The third kappa shape index (κ3) is 2.63. The summed E-state index contributed by atoms with van der Waals surface area (Å²) < 4.78 is 2.23. The van der Waals surface area contributed by atoms with Crippen LogP contribution >= 0.6 is 22.6 Å². The molecule has 2 aromatic rings. The van der Waals surface area contributed by atoms with Crippen LogP contribution in [0.5, 0.6) is 0 Å². The van der Waals surface area contributed by atoms with Gasteiger partial charge in [-0.25, -0.2) is 9.97 Å². The third-order valence-corrected chi connectivity index (χ3v) is 3.13. The fourth-order valence-corrected chi connectivity index (χ4v) is 1.94. The lowest BCUT2D eigenvalue weighted by Crippen LogP contribution is -2.26. The molecule has 88 valence electrons. The van der Waals surface area contributed by atoms with Crippen molar-refractivity contribution in [2.24, 2.45) is 0 Å². The molecular weight excluding hydrogens is 331 g/mol. The fraction of sp³-hybridized carbons (Fsp3) is 0.182. The van der Waals surface area contributed by atoms with Crippen LogP contribution < -0.4 is 11.3 Å². The molecule has 0 saturated carbocycles. The maximum absolute atomic E-state index is 11.9. The van der Waals surface area contributed by atoms with E-state index in [9.17, 15) is 4.79 Å². The van der Waals surface area contributed by atoms with Crippen LogP contribution in [0, 0.1) is 10.5 Å². The number of nitrogens with two attached hydrogens (primary N) is 1. The second kappa shape index (κ2) is 4.82. The molecule has 0 amide bonds. The van der Waals surface area contributed by atoms with E-state index in [2.05, 4.69) is 9.97 Å². The summed E-state index contributed by atoms with van der Waals surface area (Å²) in [5, 5.41) is 0. The Morgan fingerprint density at radius 3 is 2.94 bits per heavy atom. The molecule has 0 aromatic carbocycles. The van der Waals surface area contributed by atoms with Crippen molar-refractivity contribution in [3.05, 3.63) is 49.8 Å². The first kappa shape index (κ1) is 12.0. The van der Waals surface area contributed by atoms with Crippen molar-refractivity contribution >= 4 is 28.4 Å². The maximum atomic E-state index is 11.9. The van der Waals surface area contributed by atoms with Crippen molar-refractivity contribution in [2.45, 2.75) is 13.5 Å². The van der Waals surface area contributed by atoms with Gasteiger partial charge in [0, 0.05) is 12.4 Å². The van der Waals surface area contributed by atoms with E-state index in [4.69, 9.17) is 5.73 Å². The molecule has 0 spiro atoms. The van der Waals surface area contributed by atoms with Crippen molar-refractivity contribution in [3.63, 3.8) is 0 Å². The minimum atomic E-state index is -0.0338. The van der Waals surface area contributed by atoms with Gasteiger partial charge in [0.2, 0.25) is 0 Å². The summed E-state index contributed by atoms with van der Waals surface area (Å²) in [7, 11) is 0. The zero-order chi connectivity index (χ0) is 12.4. The summed E-state index contributed by atoms with van der Waals surface area (Å²) in [4.78, 5) is 20.0. The summed E-state index contributed by atoms with van der Waals surface area (Å²) in [5.41, 5.74) is 6.51. The molecule has 0 radical (unpaired) electrons. The van der Waals surface area contributed by atoms with E-state index in [1.54, 1.807) is 23.0 Å². The largest absolute Gasteiger partial charge is 0.384 e. The molecule has 0 aliphatic rings. The Labute approximate surface area is 112 Å². The quantitative estimate of drug-likeness (QED) is 0.832. The van der Waals surface area contributed by atoms with Crippen molar-refractivity contribution in [1.29, 1.82) is 0 Å². The number of anilines is 1. The molecule has 2 heterocycles. The first-order chi connectivity index (χ1) is 8.08. The number of hydrogen-bond donors (Lipinski definition) is 1. The van der Waals surface area contributed by atoms with Gasteiger partial charge in [0.05, 0.1) is 10.1 Å². The number of nitrogen functional groups attached to an aromatic ring is 1. The van der Waals surface area contributed by atoms with Crippen LogP contribution in [0.2, 0.25) is 0 Å². The molecule has 5 nitrogen and oxygen atoms in total. The van der Waals surface area contributed by atoms with Gasteiger partial charge in [-0.05, 0) is 47.2 Å². The molecule has 2 N–H and O–H groups in total. The minimum absolute atomic E-state index is 0.0338. The van der Waals surface area contributed by atoms with E-state index in [1.165, 1.54) is 0 Å². The van der Waals surface area contributed by atoms with Gasteiger partial charge < -0.3 is 5.73 Å². The summed E-state index contributed by atoms with van der Waals surface area (Å²) in [6.07, 6.45) is 3.21. The Hall–Kier alpha value is -1.44. The third-order valence-electron chi connectivity index (χ3n) is 2.39. The van der Waals surface area contributed by atoms with Crippen LogP contribution in [0.15, 0.2) is 29.3 Å². The molecule has 0 bridgehead atoms. The van der Waals surface area contributed by atoms with Gasteiger partial charge in [-0.2, -0.15) is 0 Å². The van der Waals surface area contributed by atoms with Crippen molar-refractivity contribution < 1.29 is 0 Å². The zero-order valence-corrected chi connectivity index (χ0v) is 11.4. The van der Waals surface area contributed by atoms with E-state index in [-0.39, 0.29) is 5.56 Å². The average molecular weight is 342 g/mol. The Morgan fingerprint density at radius 1 is 1.47 bits per heavy atom. The molecular formula is C11H11IN4O. The minimum Gasteiger partial charge on any atom is -0.384 e. The van der Waals surface area contributed by atoms with Crippen LogP contribution in [0.25, 0.3) is 0 Å². The Bertz CT molecular complexity index is 609. The maximum Gasteiger partial charge on any atom is 0.267 e. The number of pyridine rings is 1. The van der Waals surface area contributed by atoms with Gasteiger partial charge in [-0.15, -0.1) is 0 Å². The van der Waals surface area contributed by atoms with Crippen molar-refractivity contribution in [3.8, 4) is 0 Å². The Kier molecular flexibility index (Phi) is 3.41. The van der Waals surface area contributed by atoms with Crippen LogP contribution in [0.1, 0.15) is 11.4 Å². The van der Waals surface area contributed by atoms with Gasteiger partial charge in [-0.3, -0.25) is 9.36 Å². The smallest absolute Gasteiger partial charge is 0.267 e. The summed E-state index contributed by atoms with van der Waals surface area (Å²) in [6.45, 7) is 2.27. The zero-order valence-electron chi connectivity index (χ0n) is 9.22. The monoisotopic (exact) mass is 342 g/mol. The highest BCUT2D eigenvalue weighted by Gasteiger charge is 2.06. The predicted octanol–water partition coefficient (Wildman–Crippen LogP) is 1.18. The molecule has 0 unspecified atom stereocenters. The Balaban J connectivity index is 2.43. The van der Waals surface area contributed by atoms with Gasteiger partial charge in [-0.1, -0.05) is 0 Å². The highest BCUT2D eigenvalue weighted by atomic mass is 127. The van der Waals surface area contributed by atoms with Crippen LogP contribution in [-0.2, 0) is 6.54 Å². The molecule has 0 aliphatic heterocycles. The standard InChI is InChI=1S/C11H11IN4O/c1-7-15-5-9(12)11(17)16(7)6-8-2-3-14-10(13)4-8/h2-5H,6H2,1H3,(H2,13,14). The average Bonchev–Trinajstić information content (AvgIpc) is 2.30. The van der Waals surface area contributed by atoms with Crippen LogP contribution in [-0.4, -0.2) is 14.5 Å². The van der Waals surface area contributed by atoms with E-state index >= 15 is 0 Å². The van der Waals surface area contributed by atoms with E-state index in [0.29, 0.717) is 21.8 Å². The highest BCUT2D eigenvalue weighted by Crippen LogP contribution is 2.06. The number of halogens is 1. The van der Waals surface area contributed by atoms with Crippen molar-refractivity contribution in [1.82, 2.24) is 14.5 Å². The molecule has 2 aromatic heterocycles. The van der Waals surface area contributed by atoms with Gasteiger partial charge in [0.15, 0.2) is 0 Å². The van der Waals surface area contributed by atoms with Gasteiger partial charge >= 0.3 is 0 Å². The predicted molar refractivity (Wildman–Crippen MR) is 73.7 cm³/mol. The number of rotatable bonds is 2. The molecule has 0 aliphatic carbocycles. The molecule has 6 heteroatoms. The van der Waals surface area contributed by atoms with Gasteiger partial charge in [0.1, 0.15) is 11.6 Å². The lowest BCUT2D eigenvalue weighted by molar-refractivity contribution is 0.694. The highest BCUT2D eigenvalue weighted by molar-refractivity contribution is 14.1. The van der Waals surface area contributed by atoms with E-state index < -0.39 is 0 Å². The number of nitrogens with zero attached hydrogens (tertiary/aromatic N) is 3. The lowest BCUT2D eigenvalue weighted by atomic mass is 10.2. The van der Waals surface area contributed by atoms with Crippen LogP contribution in [0.4, 0.5) is 5.82 Å². The second-order valence-corrected chi connectivity index (χ2v) is 4.80. The lowest BCUT2D eigenvalue weighted by Gasteiger charge is -2.09. The number of hydrogen-bond acceptors (Lipinski definition) is 4. The molecule has 0 saturated heterocycles. The topological polar surface area (TPSA) is 73.8 Å². The number of aromatic nitrogens is 3. The Morgan fingerprint density at radius 2 is 2.24 bits per heavy atom. The van der Waals surface area contributed by atoms with E-state index in [0.717, 1.165) is 5.56 Å². The molecule has 2 rings (SSSR count). The summed E-state index contributed by atoms with van der Waals surface area (Å²) in [5.74, 6) is 1.14. The first-order valence-electron chi connectivity index (χ1n) is 5.00. The summed E-state index contributed by atoms with van der Waals surface area (Å²) in [6, 6.07) is 3.59.